The average molecular weight is 255 g/mol. The average Bonchev–Trinajstić information content (AvgIpc) is 2.27. The predicted molar refractivity (Wildman–Crippen MR) is 70.4 cm³/mol. The van der Waals surface area contributed by atoms with E-state index in [0.717, 1.165) is 4.31 Å². The van der Waals surface area contributed by atoms with Crippen molar-refractivity contribution >= 4 is 21.4 Å². The molecular weight excluding hydrogens is 238 g/mol. The first-order valence-electron chi connectivity index (χ1n) is 5.07. The van der Waals surface area contributed by atoms with E-state index in [1.807, 2.05) is 0 Å². The second kappa shape index (κ2) is 5.20. The van der Waals surface area contributed by atoms with Crippen molar-refractivity contribution < 1.29 is 8.42 Å². The Morgan fingerprint density at radius 3 is 2.65 bits per heavy atom. The van der Waals surface area contributed by atoms with Gasteiger partial charge in [0, 0.05) is 20.6 Å². The van der Waals surface area contributed by atoms with Crippen molar-refractivity contribution in [3.63, 3.8) is 0 Å². The highest BCUT2D eigenvalue weighted by molar-refractivity contribution is 7.89. The molecule has 0 aliphatic heterocycles. The summed E-state index contributed by atoms with van der Waals surface area (Å²) >= 11 is 0. The largest absolute Gasteiger partial charge is 0.396 e. The molecule has 0 aliphatic carbocycles. The molecule has 94 valence electrons. The summed E-state index contributed by atoms with van der Waals surface area (Å²) in [5.41, 5.74) is 6.66. The van der Waals surface area contributed by atoms with Gasteiger partial charge in [0.05, 0.1) is 11.4 Å². The van der Waals surface area contributed by atoms with Crippen molar-refractivity contribution in [1.82, 2.24) is 4.31 Å². The summed E-state index contributed by atoms with van der Waals surface area (Å²) in [4.78, 5) is 0.108. The second-order valence-corrected chi connectivity index (χ2v) is 5.79. The maximum absolute atomic E-state index is 12.0. The van der Waals surface area contributed by atoms with Gasteiger partial charge in [-0.3, -0.25) is 0 Å². The number of hydrogen-bond donors (Lipinski definition) is 2. The number of nitrogen functional groups attached to an aromatic ring is 1. The summed E-state index contributed by atoms with van der Waals surface area (Å²) in [6.45, 7) is 4.10. The minimum atomic E-state index is -3.51. The zero-order valence-corrected chi connectivity index (χ0v) is 10.8. The van der Waals surface area contributed by atoms with Crippen molar-refractivity contribution in [2.45, 2.75) is 4.90 Å². The maximum atomic E-state index is 12.0. The Kier molecular flexibility index (Phi) is 4.14. The molecule has 0 saturated carbocycles. The third-order valence-corrected chi connectivity index (χ3v) is 4.13. The summed E-state index contributed by atoms with van der Waals surface area (Å²) in [7, 11) is -0.571. The lowest BCUT2D eigenvalue weighted by molar-refractivity contribution is 0.521. The summed E-state index contributed by atoms with van der Waals surface area (Å²) in [5, 5.41) is 2.99. The molecular formula is C11H17N3O2S. The number of nitrogens with two attached hydrogens (primary N) is 1. The van der Waals surface area contributed by atoms with Crippen LogP contribution in [0.25, 0.3) is 0 Å². The van der Waals surface area contributed by atoms with E-state index in [2.05, 4.69) is 11.9 Å². The highest BCUT2D eigenvalue weighted by Gasteiger charge is 2.21. The Hall–Kier alpha value is -1.53. The van der Waals surface area contributed by atoms with Crippen LogP contribution in [0.2, 0.25) is 0 Å². The molecule has 0 amide bonds. The molecule has 0 radical (unpaired) electrons. The van der Waals surface area contributed by atoms with Gasteiger partial charge in [-0.05, 0) is 12.1 Å². The van der Waals surface area contributed by atoms with E-state index >= 15 is 0 Å². The van der Waals surface area contributed by atoms with Gasteiger partial charge in [-0.15, -0.1) is 6.58 Å². The fraction of sp³-hybridized carbons (Fsp3) is 0.273. The lowest BCUT2D eigenvalue weighted by Crippen LogP contribution is -2.23. The monoisotopic (exact) mass is 255 g/mol. The van der Waals surface area contributed by atoms with Gasteiger partial charge in [0.1, 0.15) is 4.90 Å². The number of sulfonamides is 1. The van der Waals surface area contributed by atoms with Crippen molar-refractivity contribution in [1.29, 1.82) is 0 Å². The maximum Gasteiger partial charge on any atom is 0.244 e. The smallest absolute Gasteiger partial charge is 0.244 e. The molecule has 0 heterocycles. The van der Waals surface area contributed by atoms with E-state index in [1.54, 1.807) is 18.2 Å². The number of para-hydroxylation sites is 1. The number of hydrogen-bond acceptors (Lipinski definition) is 4. The summed E-state index contributed by atoms with van der Waals surface area (Å²) in [6.07, 6.45) is 1.67. The molecule has 0 aromatic heterocycles. The van der Waals surface area contributed by atoms with Crippen LogP contribution >= 0.6 is 0 Å². The molecule has 6 heteroatoms. The van der Waals surface area contributed by atoms with Crippen LogP contribution in [0.4, 0.5) is 11.4 Å². The summed E-state index contributed by atoms with van der Waals surface area (Å²) in [6, 6.07) is 4.87. The Balaban J connectivity index is 3.24. The molecule has 5 nitrogen and oxygen atoms in total. The number of rotatable bonds is 5. The van der Waals surface area contributed by atoms with E-state index in [9.17, 15) is 8.42 Å². The van der Waals surface area contributed by atoms with Crippen LogP contribution < -0.4 is 11.1 Å². The third kappa shape index (κ3) is 2.78. The normalized spacial score (nSPS) is 11.5. The zero-order valence-electron chi connectivity index (χ0n) is 9.97. The second-order valence-electron chi connectivity index (χ2n) is 3.67. The van der Waals surface area contributed by atoms with Crippen molar-refractivity contribution in [3.8, 4) is 0 Å². The van der Waals surface area contributed by atoms with Gasteiger partial charge >= 0.3 is 0 Å². The van der Waals surface area contributed by atoms with Gasteiger partial charge in [-0.25, -0.2) is 12.7 Å². The number of benzene rings is 1. The van der Waals surface area contributed by atoms with Gasteiger partial charge in [0.2, 0.25) is 10.0 Å². The lowest BCUT2D eigenvalue weighted by Gasteiger charge is -2.15. The molecule has 0 bridgehead atoms. The molecule has 0 aliphatic rings. The van der Waals surface area contributed by atoms with E-state index in [1.165, 1.54) is 20.2 Å². The fourth-order valence-electron chi connectivity index (χ4n) is 1.30. The molecule has 0 saturated heterocycles. The standard InChI is InChI=1S/C11H17N3O2S/c1-4-8-13-9-6-5-7-10(11(9)12)17(15,16)14(2)3/h4-7,13H,1,8,12H2,2-3H3. The summed E-state index contributed by atoms with van der Waals surface area (Å²) in [5.74, 6) is 0. The van der Waals surface area contributed by atoms with E-state index in [0.29, 0.717) is 12.2 Å². The van der Waals surface area contributed by atoms with Gasteiger partial charge in [0.25, 0.3) is 0 Å². The topological polar surface area (TPSA) is 75.4 Å². The van der Waals surface area contributed by atoms with Crippen molar-refractivity contribution in [2.75, 3.05) is 31.7 Å². The number of nitrogens with one attached hydrogen (secondary N) is 1. The zero-order chi connectivity index (χ0) is 13.1. The molecule has 1 aromatic rings. The first kappa shape index (κ1) is 13.5. The fourth-order valence-corrected chi connectivity index (χ4v) is 2.33. The molecule has 17 heavy (non-hydrogen) atoms. The minimum absolute atomic E-state index is 0.108. The predicted octanol–water partition coefficient (Wildman–Crippen LogP) is 1.12. The molecule has 1 rings (SSSR count). The molecule has 0 fully saturated rings. The van der Waals surface area contributed by atoms with Gasteiger partial charge in [-0.1, -0.05) is 12.1 Å². The molecule has 0 spiro atoms. The Morgan fingerprint density at radius 2 is 2.12 bits per heavy atom. The van der Waals surface area contributed by atoms with Crippen LogP contribution in [-0.4, -0.2) is 33.4 Å². The van der Waals surface area contributed by atoms with Crippen LogP contribution in [-0.2, 0) is 10.0 Å². The SMILES string of the molecule is C=CCNc1cccc(S(=O)(=O)N(C)C)c1N. The molecule has 1 aromatic carbocycles. The highest BCUT2D eigenvalue weighted by Crippen LogP contribution is 2.27. The number of nitrogens with zero attached hydrogens (tertiary/aromatic N) is 1. The van der Waals surface area contributed by atoms with Crippen LogP contribution in [0, 0.1) is 0 Å². The first-order valence-corrected chi connectivity index (χ1v) is 6.51. The molecule has 0 atom stereocenters. The van der Waals surface area contributed by atoms with Crippen molar-refractivity contribution in [2.24, 2.45) is 0 Å². The Morgan fingerprint density at radius 1 is 1.47 bits per heavy atom. The van der Waals surface area contributed by atoms with Crippen LogP contribution in [0.3, 0.4) is 0 Å². The molecule has 3 N–H and O–H groups in total. The van der Waals surface area contributed by atoms with Gasteiger partial charge in [-0.2, -0.15) is 0 Å². The Labute approximate surface area is 102 Å². The lowest BCUT2D eigenvalue weighted by atomic mass is 10.2. The van der Waals surface area contributed by atoms with E-state index < -0.39 is 10.0 Å². The quantitative estimate of drug-likeness (QED) is 0.610. The van der Waals surface area contributed by atoms with Crippen LogP contribution in [0.5, 0.6) is 0 Å². The van der Waals surface area contributed by atoms with Gasteiger partial charge < -0.3 is 11.1 Å². The number of anilines is 2. The minimum Gasteiger partial charge on any atom is -0.396 e. The highest BCUT2D eigenvalue weighted by atomic mass is 32.2. The van der Waals surface area contributed by atoms with Crippen molar-refractivity contribution in [3.05, 3.63) is 30.9 Å². The summed E-state index contributed by atoms with van der Waals surface area (Å²) < 4.78 is 25.1. The van der Waals surface area contributed by atoms with Gasteiger partial charge in [0.15, 0.2) is 0 Å². The third-order valence-electron chi connectivity index (χ3n) is 2.26. The Bertz CT molecular complexity index is 509. The van der Waals surface area contributed by atoms with Crippen LogP contribution in [0.1, 0.15) is 0 Å². The van der Waals surface area contributed by atoms with Crippen LogP contribution in [0.15, 0.2) is 35.7 Å². The van der Waals surface area contributed by atoms with E-state index in [4.69, 9.17) is 5.73 Å². The molecule has 0 unspecified atom stereocenters. The first-order chi connectivity index (χ1) is 7.91. The van der Waals surface area contributed by atoms with E-state index in [-0.39, 0.29) is 10.6 Å².